The van der Waals surface area contributed by atoms with Crippen molar-refractivity contribution in [1.29, 1.82) is 0 Å². The lowest BCUT2D eigenvalue weighted by atomic mass is 9.62. The van der Waals surface area contributed by atoms with Gasteiger partial charge in [0, 0.05) is 19.6 Å². The van der Waals surface area contributed by atoms with Gasteiger partial charge in [0.25, 0.3) is 0 Å². The Morgan fingerprint density at radius 1 is 1.24 bits per heavy atom. The van der Waals surface area contributed by atoms with E-state index in [2.05, 4.69) is 18.7 Å². The first kappa shape index (κ1) is 12.9. The SMILES string of the molecule is CC1CCCN(C(=O)C2(CN)CC(C)C2)CC1. The fourth-order valence-corrected chi connectivity index (χ4v) is 3.50. The Balaban J connectivity index is 1.99. The summed E-state index contributed by atoms with van der Waals surface area (Å²) in [5.74, 6) is 1.78. The third-order valence-electron chi connectivity index (χ3n) is 4.63. The predicted octanol–water partition coefficient (Wildman–Crippen LogP) is 2.01. The highest BCUT2D eigenvalue weighted by Gasteiger charge is 2.48. The van der Waals surface area contributed by atoms with E-state index in [0.29, 0.717) is 18.4 Å². The molecular formula is C14H26N2O. The summed E-state index contributed by atoms with van der Waals surface area (Å²) in [5.41, 5.74) is 5.66. The van der Waals surface area contributed by atoms with E-state index in [9.17, 15) is 4.79 Å². The van der Waals surface area contributed by atoms with Crippen LogP contribution < -0.4 is 5.73 Å². The molecule has 1 atom stereocenters. The van der Waals surface area contributed by atoms with Crippen LogP contribution in [0.2, 0.25) is 0 Å². The van der Waals surface area contributed by atoms with Crippen LogP contribution in [0.4, 0.5) is 0 Å². The van der Waals surface area contributed by atoms with Crippen molar-refractivity contribution in [1.82, 2.24) is 4.90 Å². The molecule has 1 amide bonds. The number of nitrogens with zero attached hydrogens (tertiary/aromatic N) is 1. The maximum Gasteiger partial charge on any atom is 0.230 e. The first-order valence-electron chi connectivity index (χ1n) is 7.07. The summed E-state index contributed by atoms with van der Waals surface area (Å²) in [6.45, 7) is 6.92. The summed E-state index contributed by atoms with van der Waals surface area (Å²) in [4.78, 5) is 14.7. The molecule has 17 heavy (non-hydrogen) atoms. The largest absolute Gasteiger partial charge is 0.342 e. The molecule has 1 aliphatic carbocycles. The molecule has 1 aliphatic heterocycles. The molecule has 98 valence electrons. The van der Waals surface area contributed by atoms with Crippen LogP contribution in [-0.2, 0) is 4.79 Å². The summed E-state index contributed by atoms with van der Waals surface area (Å²) in [6, 6.07) is 0. The van der Waals surface area contributed by atoms with Crippen molar-refractivity contribution < 1.29 is 4.79 Å². The number of amides is 1. The molecule has 1 unspecified atom stereocenters. The van der Waals surface area contributed by atoms with Crippen molar-refractivity contribution in [2.45, 2.75) is 46.0 Å². The van der Waals surface area contributed by atoms with Gasteiger partial charge >= 0.3 is 0 Å². The topological polar surface area (TPSA) is 46.3 Å². The molecule has 3 nitrogen and oxygen atoms in total. The van der Waals surface area contributed by atoms with Gasteiger partial charge in [0.2, 0.25) is 5.91 Å². The van der Waals surface area contributed by atoms with Crippen molar-refractivity contribution in [3.63, 3.8) is 0 Å². The molecule has 0 aromatic carbocycles. The van der Waals surface area contributed by atoms with Gasteiger partial charge in [0.1, 0.15) is 0 Å². The minimum atomic E-state index is -0.201. The van der Waals surface area contributed by atoms with Crippen LogP contribution in [0, 0.1) is 17.3 Å². The van der Waals surface area contributed by atoms with Gasteiger partial charge in [-0.15, -0.1) is 0 Å². The summed E-state index contributed by atoms with van der Waals surface area (Å²) in [7, 11) is 0. The lowest BCUT2D eigenvalue weighted by molar-refractivity contribution is -0.149. The summed E-state index contributed by atoms with van der Waals surface area (Å²) >= 11 is 0. The summed E-state index contributed by atoms with van der Waals surface area (Å²) in [6.07, 6.45) is 5.56. The summed E-state index contributed by atoms with van der Waals surface area (Å²) in [5, 5.41) is 0. The Labute approximate surface area is 105 Å². The smallest absolute Gasteiger partial charge is 0.230 e. The van der Waals surface area contributed by atoms with Gasteiger partial charge in [-0.2, -0.15) is 0 Å². The van der Waals surface area contributed by atoms with E-state index in [4.69, 9.17) is 5.73 Å². The van der Waals surface area contributed by atoms with E-state index in [0.717, 1.165) is 44.7 Å². The zero-order valence-corrected chi connectivity index (χ0v) is 11.2. The molecule has 0 bridgehead atoms. The van der Waals surface area contributed by atoms with Gasteiger partial charge < -0.3 is 10.6 Å². The standard InChI is InChI=1S/C14H26N2O/c1-11-4-3-6-16(7-5-11)13(17)14(10-15)8-12(2)9-14/h11-12H,3-10,15H2,1-2H3. The molecule has 0 spiro atoms. The minimum Gasteiger partial charge on any atom is -0.342 e. The number of likely N-dealkylation sites (tertiary alicyclic amines) is 1. The van der Waals surface area contributed by atoms with E-state index < -0.39 is 0 Å². The molecule has 0 aromatic rings. The fraction of sp³-hybridized carbons (Fsp3) is 0.929. The van der Waals surface area contributed by atoms with Crippen LogP contribution in [0.1, 0.15) is 46.0 Å². The third kappa shape index (κ3) is 2.49. The van der Waals surface area contributed by atoms with Crippen molar-refractivity contribution in [2.24, 2.45) is 23.0 Å². The predicted molar refractivity (Wildman–Crippen MR) is 69.5 cm³/mol. The zero-order valence-electron chi connectivity index (χ0n) is 11.2. The lowest BCUT2D eigenvalue weighted by Crippen LogP contribution is -2.54. The Bertz CT molecular complexity index is 284. The number of hydrogen-bond donors (Lipinski definition) is 1. The third-order valence-corrected chi connectivity index (χ3v) is 4.63. The highest BCUT2D eigenvalue weighted by Crippen LogP contribution is 2.46. The van der Waals surface area contributed by atoms with Crippen LogP contribution in [0.25, 0.3) is 0 Å². The van der Waals surface area contributed by atoms with Gasteiger partial charge in [-0.25, -0.2) is 0 Å². The maximum atomic E-state index is 12.6. The number of carbonyl (C=O) groups excluding carboxylic acids is 1. The molecule has 2 aliphatic rings. The quantitative estimate of drug-likeness (QED) is 0.800. The highest BCUT2D eigenvalue weighted by molar-refractivity contribution is 5.84. The Morgan fingerprint density at radius 2 is 1.94 bits per heavy atom. The molecule has 2 N–H and O–H groups in total. The Morgan fingerprint density at radius 3 is 2.53 bits per heavy atom. The molecule has 2 fully saturated rings. The van der Waals surface area contributed by atoms with Crippen molar-refractivity contribution in [2.75, 3.05) is 19.6 Å². The van der Waals surface area contributed by atoms with E-state index >= 15 is 0 Å². The average molecular weight is 238 g/mol. The van der Waals surface area contributed by atoms with Gasteiger partial charge in [-0.3, -0.25) is 4.79 Å². The van der Waals surface area contributed by atoms with E-state index in [1.54, 1.807) is 0 Å². The first-order valence-corrected chi connectivity index (χ1v) is 7.07. The second kappa shape index (κ2) is 4.97. The fourth-order valence-electron chi connectivity index (χ4n) is 3.50. The van der Waals surface area contributed by atoms with Crippen molar-refractivity contribution >= 4 is 5.91 Å². The van der Waals surface area contributed by atoms with Crippen LogP contribution in [-0.4, -0.2) is 30.4 Å². The number of hydrogen-bond acceptors (Lipinski definition) is 2. The molecule has 0 radical (unpaired) electrons. The maximum absolute atomic E-state index is 12.6. The monoisotopic (exact) mass is 238 g/mol. The second-order valence-electron chi connectivity index (χ2n) is 6.33. The van der Waals surface area contributed by atoms with Crippen LogP contribution >= 0.6 is 0 Å². The molecule has 2 rings (SSSR count). The van der Waals surface area contributed by atoms with Crippen LogP contribution in [0.3, 0.4) is 0 Å². The normalized spacial score (nSPS) is 38.4. The van der Waals surface area contributed by atoms with E-state index in [-0.39, 0.29) is 5.41 Å². The lowest BCUT2D eigenvalue weighted by Gasteiger charge is -2.46. The number of rotatable bonds is 2. The molecule has 1 saturated heterocycles. The highest BCUT2D eigenvalue weighted by atomic mass is 16.2. The van der Waals surface area contributed by atoms with Crippen molar-refractivity contribution in [3.05, 3.63) is 0 Å². The number of nitrogens with two attached hydrogens (primary N) is 1. The van der Waals surface area contributed by atoms with Crippen LogP contribution in [0.15, 0.2) is 0 Å². The van der Waals surface area contributed by atoms with Gasteiger partial charge in [-0.05, 0) is 43.9 Å². The zero-order chi connectivity index (χ0) is 12.5. The molecular weight excluding hydrogens is 212 g/mol. The minimum absolute atomic E-state index is 0.201. The van der Waals surface area contributed by atoms with E-state index in [1.807, 2.05) is 0 Å². The van der Waals surface area contributed by atoms with Crippen LogP contribution in [0.5, 0.6) is 0 Å². The molecule has 0 aromatic heterocycles. The second-order valence-corrected chi connectivity index (χ2v) is 6.33. The average Bonchev–Trinajstić information content (AvgIpc) is 2.48. The molecule has 3 heteroatoms. The van der Waals surface area contributed by atoms with E-state index in [1.165, 1.54) is 6.42 Å². The first-order chi connectivity index (χ1) is 8.07. The Hall–Kier alpha value is -0.570. The molecule has 1 heterocycles. The van der Waals surface area contributed by atoms with Gasteiger partial charge in [0.05, 0.1) is 5.41 Å². The Kier molecular flexibility index (Phi) is 3.76. The van der Waals surface area contributed by atoms with Gasteiger partial charge in [0.15, 0.2) is 0 Å². The number of carbonyl (C=O) groups is 1. The van der Waals surface area contributed by atoms with Gasteiger partial charge in [-0.1, -0.05) is 13.8 Å². The summed E-state index contributed by atoms with van der Waals surface area (Å²) < 4.78 is 0. The van der Waals surface area contributed by atoms with Crippen molar-refractivity contribution in [3.8, 4) is 0 Å². The molecule has 1 saturated carbocycles.